The first-order chi connectivity index (χ1) is 12.6. The van der Waals surface area contributed by atoms with Gasteiger partial charge in [0.1, 0.15) is 0 Å². The molecule has 0 unspecified atom stereocenters. The molecule has 1 aliphatic rings. The molecule has 1 amide bonds. The Bertz CT molecular complexity index is 748. The van der Waals surface area contributed by atoms with Crippen molar-refractivity contribution < 1.29 is 4.79 Å². The lowest BCUT2D eigenvalue weighted by molar-refractivity contribution is -0.126. The molecule has 0 bridgehead atoms. The topological polar surface area (TPSA) is 44.7 Å². The highest BCUT2D eigenvalue weighted by Crippen LogP contribution is 2.20. The predicted octanol–water partition coefficient (Wildman–Crippen LogP) is 4.12. The summed E-state index contributed by atoms with van der Waals surface area (Å²) in [4.78, 5) is 14.7. The summed E-state index contributed by atoms with van der Waals surface area (Å²) < 4.78 is 1.10. The molecule has 1 N–H and O–H groups in total. The molecule has 0 aliphatic carbocycles. The minimum absolute atomic E-state index is 0.0247. The van der Waals surface area contributed by atoms with E-state index in [1.807, 2.05) is 31.2 Å². The number of nitrogens with one attached hydrogen (secondary N) is 1. The summed E-state index contributed by atoms with van der Waals surface area (Å²) in [5.41, 5.74) is 6.19. The van der Waals surface area contributed by atoms with Crippen LogP contribution < -0.4 is 5.43 Å². The summed E-state index contributed by atoms with van der Waals surface area (Å²) in [7, 11) is 0. The second-order valence-corrected chi connectivity index (χ2v) is 7.74. The monoisotopic (exact) mass is 413 g/mol. The molecule has 1 saturated heterocycles. The van der Waals surface area contributed by atoms with E-state index in [-0.39, 0.29) is 11.8 Å². The van der Waals surface area contributed by atoms with E-state index in [1.54, 1.807) is 6.21 Å². The van der Waals surface area contributed by atoms with E-state index in [0.29, 0.717) is 0 Å². The summed E-state index contributed by atoms with van der Waals surface area (Å²) in [6.07, 6.45) is 3.45. The highest BCUT2D eigenvalue weighted by molar-refractivity contribution is 9.10. The van der Waals surface area contributed by atoms with Gasteiger partial charge in [-0.25, -0.2) is 5.43 Å². The molecule has 136 valence electrons. The van der Waals surface area contributed by atoms with Gasteiger partial charge >= 0.3 is 0 Å². The van der Waals surface area contributed by atoms with Crippen molar-refractivity contribution in [2.24, 2.45) is 11.0 Å². The van der Waals surface area contributed by atoms with Crippen LogP contribution in [0.4, 0.5) is 0 Å². The van der Waals surface area contributed by atoms with E-state index in [0.717, 1.165) is 42.5 Å². The maximum Gasteiger partial charge on any atom is 0.243 e. The van der Waals surface area contributed by atoms with Crippen LogP contribution in [0.25, 0.3) is 0 Å². The number of hydrogen-bond acceptors (Lipinski definition) is 3. The third-order valence-corrected chi connectivity index (χ3v) is 5.27. The molecule has 0 radical (unpaired) electrons. The molecule has 26 heavy (non-hydrogen) atoms. The van der Waals surface area contributed by atoms with E-state index in [2.05, 4.69) is 55.6 Å². The van der Waals surface area contributed by atoms with Gasteiger partial charge in [-0.3, -0.25) is 9.69 Å². The van der Waals surface area contributed by atoms with Crippen LogP contribution in [-0.4, -0.2) is 30.1 Å². The van der Waals surface area contributed by atoms with Gasteiger partial charge < -0.3 is 0 Å². The van der Waals surface area contributed by atoms with Gasteiger partial charge in [-0.2, -0.15) is 5.10 Å². The normalized spacial score (nSPS) is 16.1. The first kappa shape index (κ1) is 18.8. The van der Waals surface area contributed by atoms with E-state index in [4.69, 9.17) is 0 Å². The quantitative estimate of drug-likeness (QED) is 0.591. The average molecular weight is 414 g/mol. The molecule has 1 heterocycles. The van der Waals surface area contributed by atoms with Crippen LogP contribution >= 0.6 is 15.9 Å². The fourth-order valence-electron chi connectivity index (χ4n) is 3.12. The van der Waals surface area contributed by atoms with Gasteiger partial charge in [0.15, 0.2) is 0 Å². The lowest BCUT2D eigenvalue weighted by Gasteiger charge is -2.30. The van der Waals surface area contributed by atoms with E-state index in [9.17, 15) is 4.79 Å². The van der Waals surface area contributed by atoms with Gasteiger partial charge in [-0.15, -0.1) is 0 Å². The van der Waals surface area contributed by atoms with Crippen molar-refractivity contribution in [3.05, 3.63) is 69.7 Å². The molecule has 3 rings (SSSR count). The summed E-state index contributed by atoms with van der Waals surface area (Å²) in [6, 6.07) is 16.5. The van der Waals surface area contributed by atoms with Crippen LogP contribution in [0.3, 0.4) is 0 Å². The van der Waals surface area contributed by atoms with Gasteiger partial charge in [0, 0.05) is 16.9 Å². The summed E-state index contributed by atoms with van der Waals surface area (Å²) in [5, 5.41) is 4.10. The second kappa shape index (κ2) is 9.10. The number of carbonyl (C=O) groups is 1. The molecule has 5 heteroatoms. The van der Waals surface area contributed by atoms with Crippen LogP contribution in [0.15, 0.2) is 58.1 Å². The van der Waals surface area contributed by atoms with E-state index < -0.39 is 0 Å². The zero-order valence-corrected chi connectivity index (χ0v) is 16.6. The Kier molecular flexibility index (Phi) is 6.58. The van der Waals surface area contributed by atoms with Crippen molar-refractivity contribution in [1.29, 1.82) is 0 Å². The highest BCUT2D eigenvalue weighted by atomic mass is 79.9. The van der Waals surface area contributed by atoms with Gasteiger partial charge in [0.05, 0.1) is 6.21 Å². The third kappa shape index (κ3) is 5.51. The molecule has 0 spiro atoms. The van der Waals surface area contributed by atoms with Crippen LogP contribution in [0, 0.1) is 12.8 Å². The molecular weight excluding hydrogens is 390 g/mol. The largest absolute Gasteiger partial charge is 0.299 e. The number of carbonyl (C=O) groups excluding carboxylic acids is 1. The minimum Gasteiger partial charge on any atom is -0.299 e. The first-order valence-electron chi connectivity index (χ1n) is 8.96. The highest BCUT2D eigenvalue weighted by Gasteiger charge is 2.24. The van der Waals surface area contributed by atoms with Gasteiger partial charge in [-0.05, 0) is 56.1 Å². The SMILES string of the molecule is Cc1ccc(/C=N\NC(=O)C2CCN(Cc3ccc(Br)cc3)CC2)cc1. The number of halogens is 1. The smallest absolute Gasteiger partial charge is 0.243 e. The fraction of sp³-hybridized carbons (Fsp3) is 0.333. The lowest BCUT2D eigenvalue weighted by Crippen LogP contribution is -2.39. The molecule has 2 aromatic rings. The zero-order valence-electron chi connectivity index (χ0n) is 15.0. The van der Waals surface area contributed by atoms with Crippen LogP contribution in [0.1, 0.15) is 29.5 Å². The van der Waals surface area contributed by atoms with E-state index >= 15 is 0 Å². The third-order valence-electron chi connectivity index (χ3n) is 4.74. The molecule has 0 atom stereocenters. The van der Waals surface area contributed by atoms with Crippen molar-refractivity contribution in [1.82, 2.24) is 10.3 Å². The Morgan fingerprint density at radius 3 is 2.46 bits per heavy atom. The standard InChI is InChI=1S/C21H24BrN3O/c1-16-2-4-17(5-3-16)14-23-24-21(26)19-10-12-25(13-11-19)15-18-6-8-20(22)9-7-18/h2-9,14,19H,10-13,15H2,1H3,(H,24,26)/b23-14-. The number of piperidine rings is 1. The Morgan fingerprint density at radius 2 is 1.81 bits per heavy atom. The Labute approximate surface area is 163 Å². The van der Waals surface area contributed by atoms with Crippen LogP contribution in [0.5, 0.6) is 0 Å². The van der Waals surface area contributed by atoms with Crippen molar-refractivity contribution in [3.8, 4) is 0 Å². The fourth-order valence-corrected chi connectivity index (χ4v) is 3.38. The average Bonchev–Trinajstić information content (AvgIpc) is 2.66. The molecule has 2 aromatic carbocycles. The maximum absolute atomic E-state index is 12.3. The van der Waals surface area contributed by atoms with Crippen molar-refractivity contribution in [2.45, 2.75) is 26.3 Å². The Morgan fingerprint density at radius 1 is 1.15 bits per heavy atom. The van der Waals surface area contributed by atoms with Gasteiger partial charge in [0.25, 0.3) is 0 Å². The maximum atomic E-state index is 12.3. The summed E-state index contributed by atoms with van der Waals surface area (Å²) in [6.45, 7) is 4.87. The second-order valence-electron chi connectivity index (χ2n) is 6.82. The summed E-state index contributed by atoms with van der Waals surface area (Å²) >= 11 is 3.46. The van der Waals surface area contributed by atoms with Crippen molar-refractivity contribution in [3.63, 3.8) is 0 Å². The Hall–Kier alpha value is -1.98. The number of nitrogens with zero attached hydrogens (tertiary/aromatic N) is 2. The lowest BCUT2D eigenvalue weighted by atomic mass is 9.96. The van der Waals surface area contributed by atoms with Gasteiger partial charge in [0.2, 0.25) is 5.91 Å². The predicted molar refractivity (Wildman–Crippen MR) is 109 cm³/mol. The van der Waals surface area contributed by atoms with Crippen molar-refractivity contribution in [2.75, 3.05) is 13.1 Å². The number of benzene rings is 2. The molecule has 4 nitrogen and oxygen atoms in total. The Balaban J connectivity index is 1.43. The van der Waals surface area contributed by atoms with E-state index in [1.165, 1.54) is 11.1 Å². The van der Waals surface area contributed by atoms with Crippen LogP contribution in [-0.2, 0) is 11.3 Å². The number of aryl methyl sites for hydroxylation is 1. The number of hydrazone groups is 1. The van der Waals surface area contributed by atoms with Crippen molar-refractivity contribution >= 4 is 28.1 Å². The number of likely N-dealkylation sites (tertiary alicyclic amines) is 1. The number of amides is 1. The molecule has 1 aliphatic heterocycles. The zero-order chi connectivity index (χ0) is 18.4. The molecule has 0 aromatic heterocycles. The minimum atomic E-state index is 0.0247. The van der Waals surface area contributed by atoms with Crippen LogP contribution in [0.2, 0.25) is 0 Å². The molecular formula is C21H24BrN3O. The molecule has 0 saturated carbocycles. The summed E-state index contributed by atoms with van der Waals surface area (Å²) in [5.74, 6) is 0.0722. The first-order valence-corrected chi connectivity index (χ1v) is 9.76. The number of hydrogen-bond donors (Lipinski definition) is 1. The van der Waals surface area contributed by atoms with Gasteiger partial charge in [-0.1, -0.05) is 57.9 Å². The number of rotatable bonds is 5. The molecule has 1 fully saturated rings.